The average molecular weight is 258 g/mol. The molecule has 0 amide bonds. The second kappa shape index (κ2) is 6.80. The van der Waals surface area contributed by atoms with Crippen LogP contribution in [0.4, 0.5) is 0 Å². The van der Waals surface area contributed by atoms with Crippen LogP contribution in [0.1, 0.15) is 39.0 Å². The molecule has 2 saturated heterocycles. The normalized spacial score (nSPS) is 33.7. The van der Waals surface area contributed by atoms with Crippen molar-refractivity contribution in [1.29, 1.82) is 0 Å². The van der Waals surface area contributed by atoms with Gasteiger partial charge in [0.1, 0.15) is 0 Å². The zero-order valence-electron chi connectivity index (χ0n) is 10.1. The van der Waals surface area contributed by atoms with E-state index in [-0.39, 0.29) is 0 Å². The van der Waals surface area contributed by atoms with Crippen molar-refractivity contribution in [1.82, 2.24) is 5.32 Å². The molecule has 2 unspecified atom stereocenters. The smallest absolute Gasteiger partial charge is 0.156 e. The van der Waals surface area contributed by atoms with E-state index in [4.69, 9.17) is 4.99 Å². The number of aliphatic imine (C=N–C) groups is 1. The SMILES string of the molecule is CCC1CCSC(=NCC2CCCCS2)N1. The van der Waals surface area contributed by atoms with E-state index in [1.165, 1.54) is 48.8 Å². The highest BCUT2D eigenvalue weighted by Crippen LogP contribution is 2.25. The van der Waals surface area contributed by atoms with Gasteiger partial charge in [-0.05, 0) is 31.4 Å². The third-order valence-electron chi connectivity index (χ3n) is 3.24. The maximum atomic E-state index is 4.75. The van der Waals surface area contributed by atoms with Crippen LogP contribution in [0.25, 0.3) is 0 Å². The van der Waals surface area contributed by atoms with E-state index in [0.29, 0.717) is 6.04 Å². The first-order chi connectivity index (χ1) is 7.88. The van der Waals surface area contributed by atoms with Crippen LogP contribution in [-0.2, 0) is 0 Å². The first-order valence-electron chi connectivity index (χ1n) is 6.44. The Morgan fingerprint density at radius 2 is 2.25 bits per heavy atom. The Labute approximate surface area is 107 Å². The van der Waals surface area contributed by atoms with Gasteiger partial charge in [0.25, 0.3) is 0 Å². The van der Waals surface area contributed by atoms with E-state index in [0.717, 1.165) is 11.8 Å². The van der Waals surface area contributed by atoms with Gasteiger partial charge >= 0.3 is 0 Å². The Morgan fingerprint density at radius 3 is 3.00 bits per heavy atom. The molecule has 2 heterocycles. The monoisotopic (exact) mass is 258 g/mol. The molecule has 0 aromatic rings. The first-order valence-corrected chi connectivity index (χ1v) is 8.47. The standard InChI is InChI=1S/C12H22N2S2/c1-2-10-6-8-16-12(14-10)13-9-11-5-3-4-7-15-11/h10-11H,2-9H2,1H3,(H,13,14). The van der Waals surface area contributed by atoms with E-state index < -0.39 is 0 Å². The molecule has 0 spiro atoms. The molecule has 2 atom stereocenters. The molecule has 2 fully saturated rings. The van der Waals surface area contributed by atoms with Gasteiger partial charge in [0.05, 0.1) is 6.54 Å². The molecule has 2 rings (SSSR count). The summed E-state index contributed by atoms with van der Waals surface area (Å²) >= 11 is 4.01. The summed E-state index contributed by atoms with van der Waals surface area (Å²) in [6, 6.07) is 0.666. The zero-order valence-corrected chi connectivity index (χ0v) is 11.7. The van der Waals surface area contributed by atoms with E-state index in [9.17, 15) is 0 Å². The van der Waals surface area contributed by atoms with Crippen molar-refractivity contribution in [2.24, 2.45) is 4.99 Å². The van der Waals surface area contributed by atoms with Crippen molar-refractivity contribution in [2.75, 3.05) is 18.1 Å². The maximum absolute atomic E-state index is 4.75. The molecule has 92 valence electrons. The summed E-state index contributed by atoms with van der Waals surface area (Å²) in [7, 11) is 0. The quantitative estimate of drug-likeness (QED) is 0.841. The lowest BCUT2D eigenvalue weighted by Gasteiger charge is -2.25. The molecule has 0 aromatic carbocycles. The maximum Gasteiger partial charge on any atom is 0.156 e. The van der Waals surface area contributed by atoms with Gasteiger partial charge in [-0.25, -0.2) is 0 Å². The van der Waals surface area contributed by atoms with Crippen molar-refractivity contribution in [3.05, 3.63) is 0 Å². The number of nitrogens with zero attached hydrogens (tertiary/aromatic N) is 1. The molecule has 2 aliphatic rings. The summed E-state index contributed by atoms with van der Waals surface area (Å²) < 4.78 is 0. The van der Waals surface area contributed by atoms with Gasteiger partial charge in [0.2, 0.25) is 0 Å². The highest BCUT2D eigenvalue weighted by Gasteiger charge is 2.17. The predicted molar refractivity (Wildman–Crippen MR) is 76.7 cm³/mol. The van der Waals surface area contributed by atoms with Crippen LogP contribution in [0.15, 0.2) is 4.99 Å². The Morgan fingerprint density at radius 1 is 1.31 bits per heavy atom. The molecule has 2 nitrogen and oxygen atoms in total. The van der Waals surface area contributed by atoms with E-state index in [1.54, 1.807) is 0 Å². The number of hydrogen-bond donors (Lipinski definition) is 1. The third-order valence-corrected chi connectivity index (χ3v) is 5.58. The molecule has 0 saturated carbocycles. The average Bonchev–Trinajstić information content (AvgIpc) is 2.38. The van der Waals surface area contributed by atoms with E-state index in [2.05, 4.69) is 24.0 Å². The van der Waals surface area contributed by atoms with E-state index in [1.807, 2.05) is 11.8 Å². The van der Waals surface area contributed by atoms with Crippen LogP contribution < -0.4 is 5.32 Å². The van der Waals surface area contributed by atoms with Crippen LogP contribution in [0.2, 0.25) is 0 Å². The van der Waals surface area contributed by atoms with Gasteiger partial charge in [0, 0.05) is 17.0 Å². The number of hydrogen-bond acceptors (Lipinski definition) is 3. The van der Waals surface area contributed by atoms with Crippen molar-refractivity contribution >= 4 is 28.7 Å². The summed E-state index contributed by atoms with van der Waals surface area (Å²) in [5.41, 5.74) is 0. The Balaban J connectivity index is 1.77. The molecule has 16 heavy (non-hydrogen) atoms. The third kappa shape index (κ3) is 3.88. The van der Waals surface area contributed by atoms with Gasteiger partial charge in [-0.3, -0.25) is 4.99 Å². The van der Waals surface area contributed by atoms with Crippen molar-refractivity contribution in [2.45, 2.75) is 50.3 Å². The fourth-order valence-corrected chi connectivity index (χ4v) is 4.35. The van der Waals surface area contributed by atoms with Gasteiger partial charge in [-0.15, -0.1) is 0 Å². The van der Waals surface area contributed by atoms with Crippen molar-refractivity contribution in [3.63, 3.8) is 0 Å². The van der Waals surface area contributed by atoms with E-state index >= 15 is 0 Å². The minimum atomic E-state index is 0.666. The van der Waals surface area contributed by atoms with Crippen molar-refractivity contribution in [3.8, 4) is 0 Å². The summed E-state index contributed by atoms with van der Waals surface area (Å²) in [4.78, 5) is 4.75. The first kappa shape index (κ1) is 12.6. The molecule has 4 heteroatoms. The lowest BCUT2D eigenvalue weighted by molar-refractivity contribution is 0.570. The summed E-state index contributed by atoms with van der Waals surface area (Å²) in [6.45, 7) is 3.28. The minimum absolute atomic E-state index is 0.666. The van der Waals surface area contributed by atoms with Crippen molar-refractivity contribution < 1.29 is 0 Å². The molecular weight excluding hydrogens is 236 g/mol. The van der Waals surface area contributed by atoms with Crippen LogP contribution in [0.3, 0.4) is 0 Å². The van der Waals surface area contributed by atoms with Gasteiger partial charge in [0.15, 0.2) is 5.17 Å². The summed E-state index contributed by atoms with van der Waals surface area (Å²) in [5, 5.41) is 5.53. The number of thioether (sulfide) groups is 2. The number of rotatable bonds is 3. The zero-order chi connectivity index (χ0) is 11.2. The molecule has 0 radical (unpaired) electrons. The lowest BCUT2D eigenvalue weighted by atomic mass is 10.2. The highest BCUT2D eigenvalue weighted by molar-refractivity contribution is 8.13. The fourth-order valence-electron chi connectivity index (χ4n) is 2.12. The van der Waals surface area contributed by atoms with Gasteiger partial charge in [-0.2, -0.15) is 11.8 Å². The number of amidine groups is 1. The molecule has 0 aromatic heterocycles. The second-order valence-electron chi connectivity index (χ2n) is 4.52. The largest absolute Gasteiger partial charge is 0.362 e. The predicted octanol–water partition coefficient (Wildman–Crippen LogP) is 3.13. The van der Waals surface area contributed by atoms with Crippen LogP contribution in [-0.4, -0.2) is 34.5 Å². The second-order valence-corrected chi connectivity index (χ2v) is 7.01. The molecule has 2 aliphatic heterocycles. The van der Waals surface area contributed by atoms with Gasteiger partial charge < -0.3 is 5.32 Å². The van der Waals surface area contributed by atoms with Crippen LogP contribution in [0, 0.1) is 0 Å². The molecular formula is C12H22N2S2. The van der Waals surface area contributed by atoms with Gasteiger partial charge in [-0.1, -0.05) is 25.1 Å². The fraction of sp³-hybridized carbons (Fsp3) is 0.917. The minimum Gasteiger partial charge on any atom is -0.362 e. The molecule has 1 N–H and O–H groups in total. The topological polar surface area (TPSA) is 24.4 Å². The summed E-state index contributed by atoms with van der Waals surface area (Å²) in [5.74, 6) is 2.58. The molecule has 0 bridgehead atoms. The Hall–Kier alpha value is 0.170. The molecule has 0 aliphatic carbocycles. The summed E-state index contributed by atoms with van der Waals surface area (Å²) in [6.07, 6.45) is 6.68. The lowest BCUT2D eigenvalue weighted by Crippen LogP contribution is -2.37. The van der Waals surface area contributed by atoms with Crippen LogP contribution >= 0.6 is 23.5 Å². The Kier molecular flexibility index (Phi) is 5.36. The number of nitrogens with one attached hydrogen (secondary N) is 1. The Bertz CT molecular complexity index is 237. The van der Waals surface area contributed by atoms with Crippen LogP contribution in [0.5, 0.6) is 0 Å². The highest BCUT2D eigenvalue weighted by atomic mass is 32.2.